The molecule has 0 bridgehead atoms. The van der Waals surface area contributed by atoms with Gasteiger partial charge in [-0.15, -0.1) is 0 Å². The molecule has 2 nitrogen and oxygen atoms in total. The van der Waals surface area contributed by atoms with Gasteiger partial charge in [0.05, 0.1) is 0 Å². The summed E-state index contributed by atoms with van der Waals surface area (Å²) in [6, 6.07) is 8.16. The molecule has 0 fully saturated rings. The van der Waals surface area contributed by atoms with Crippen LogP contribution >= 0.6 is 0 Å². The minimum absolute atomic E-state index is 0.423. The van der Waals surface area contributed by atoms with E-state index in [0.717, 1.165) is 17.7 Å². The normalized spacial score (nSPS) is 12.7. The highest BCUT2D eigenvalue weighted by atomic mass is 14.8. The van der Waals surface area contributed by atoms with Crippen molar-refractivity contribution in [2.45, 2.75) is 34.1 Å². The Morgan fingerprint density at radius 2 is 2.00 bits per heavy atom. The highest BCUT2D eigenvalue weighted by molar-refractivity contribution is 5.83. The Bertz CT molecular complexity index is 482. The van der Waals surface area contributed by atoms with Crippen LogP contribution in [0, 0.1) is 18.3 Å². The van der Waals surface area contributed by atoms with Crippen molar-refractivity contribution in [3.8, 4) is 0 Å². The molecule has 0 atom stereocenters. The van der Waals surface area contributed by atoms with Gasteiger partial charge in [0.25, 0.3) is 0 Å². The Balaban J connectivity index is 2.97. The maximum absolute atomic E-state index is 7.61. The zero-order valence-corrected chi connectivity index (χ0v) is 12.3. The fourth-order valence-electron chi connectivity index (χ4n) is 2.01. The van der Waals surface area contributed by atoms with Crippen molar-refractivity contribution < 1.29 is 0 Å². The third kappa shape index (κ3) is 4.40. The van der Waals surface area contributed by atoms with E-state index in [2.05, 4.69) is 45.2 Å². The average Bonchev–Trinajstić information content (AvgIpc) is 2.39. The lowest BCUT2D eigenvalue weighted by molar-refractivity contribution is 0.779. The monoisotopic (exact) mass is 256 g/mol. The topological polar surface area (TPSA) is 35.9 Å². The van der Waals surface area contributed by atoms with Crippen LogP contribution in [0.4, 0.5) is 5.69 Å². The van der Waals surface area contributed by atoms with Crippen molar-refractivity contribution in [3.63, 3.8) is 0 Å². The molecule has 102 valence electrons. The Kier molecular flexibility index (Phi) is 6.07. The fraction of sp³-hybridized carbons (Fsp3) is 0.353. The molecule has 2 N–H and O–H groups in total. The van der Waals surface area contributed by atoms with E-state index in [-0.39, 0.29) is 0 Å². The number of hydrogen-bond donors (Lipinski definition) is 2. The van der Waals surface area contributed by atoms with Crippen molar-refractivity contribution in [2.75, 3.05) is 5.32 Å². The molecule has 0 aliphatic rings. The molecule has 0 radical (unpaired) electrons. The zero-order chi connectivity index (χ0) is 14.3. The molecule has 0 unspecified atom stereocenters. The molecule has 0 aliphatic carbocycles. The largest absolute Gasteiger partial charge is 0.361 e. The fourth-order valence-corrected chi connectivity index (χ4v) is 2.01. The Morgan fingerprint density at radius 3 is 2.53 bits per heavy atom. The van der Waals surface area contributed by atoms with Crippen LogP contribution in [-0.4, -0.2) is 6.21 Å². The molecule has 1 aromatic rings. The molecule has 0 spiro atoms. The number of benzene rings is 1. The van der Waals surface area contributed by atoms with Gasteiger partial charge >= 0.3 is 0 Å². The number of aryl methyl sites for hydroxylation is 1. The molecular formula is C17H24N2. The lowest BCUT2D eigenvalue weighted by atomic mass is 9.95. The molecule has 0 saturated carbocycles. The first-order valence-electron chi connectivity index (χ1n) is 6.83. The van der Waals surface area contributed by atoms with E-state index in [0.29, 0.717) is 5.92 Å². The van der Waals surface area contributed by atoms with Crippen LogP contribution < -0.4 is 5.32 Å². The van der Waals surface area contributed by atoms with Gasteiger partial charge in [-0.05, 0) is 36.5 Å². The lowest BCUT2D eigenvalue weighted by Crippen LogP contribution is -2.02. The summed E-state index contributed by atoms with van der Waals surface area (Å²) in [7, 11) is 0. The summed E-state index contributed by atoms with van der Waals surface area (Å²) in [5.41, 5.74) is 4.45. The van der Waals surface area contributed by atoms with Gasteiger partial charge in [0.1, 0.15) is 0 Å². The third-order valence-corrected chi connectivity index (χ3v) is 3.06. The number of nitrogens with one attached hydrogen (secondary N) is 2. The summed E-state index contributed by atoms with van der Waals surface area (Å²) in [5, 5.41) is 10.9. The minimum atomic E-state index is 0.423. The van der Waals surface area contributed by atoms with E-state index >= 15 is 0 Å². The number of hydrogen-bond acceptors (Lipinski definition) is 2. The van der Waals surface area contributed by atoms with Gasteiger partial charge in [-0.1, -0.05) is 45.0 Å². The first-order chi connectivity index (χ1) is 9.10. The van der Waals surface area contributed by atoms with Crippen LogP contribution in [-0.2, 0) is 0 Å². The second-order valence-corrected chi connectivity index (χ2v) is 4.93. The summed E-state index contributed by atoms with van der Waals surface area (Å²) >= 11 is 0. The SMILES string of the molecule is CC/C=C(/C(C=N)=C/Nc1ccccc1C)C(C)C. The number of anilines is 1. The van der Waals surface area contributed by atoms with Crippen LogP contribution in [0.25, 0.3) is 0 Å². The highest BCUT2D eigenvalue weighted by Gasteiger charge is 2.07. The van der Waals surface area contributed by atoms with Crippen molar-refractivity contribution in [1.29, 1.82) is 5.41 Å². The van der Waals surface area contributed by atoms with Crippen molar-refractivity contribution >= 4 is 11.9 Å². The summed E-state index contributed by atoms with van der Waals surface area (Å²) in [4.78, 5) is 0. The standard InChI is InChI=1S/C17H24N2/c1-5-8-16(13(2)3)15(11-18)12-19-17-10-7-6-9-14(17)4/h6-13,18-19H,5H2,1-4H3/b15-12+,16-8+,18-11?. The molecule has 0 saturated heterocycles. The molecule has 0 aromatic heterocycles. The Hall–Kier alpha value is -1.83. The van der Waals surface area contributed by atoms with Crippen molar-refractivity contribution in [3.05, 3.63) is 53.3 Å². The maximum atomic E-state index is 7.61. The van der Waals surface area contributed by atoms with Crippen molar-refractivity contribution in [2.24, 2.45) is 5.92 Å². The highest BCUT2D eigenvalue weighted by Crippen LogP contribution is 2.20. The van der Waals surface area contributed by atoms with Crippen LogP contribution in [0.1, 0.15) is 32.8 Å². The Labute approximate surface area is 116 Å². The lowest BCUT2D eigenvalue weighted by Gasteiger charge is -2.13. The molecule has 0 amide bonds. The smallest absolute Gasteiger partial charge is 0.0409 e. The number of rotatable bonds is 6. The molecule has 0 heterocycles. The quantitative estimate of drug-likeness (QED) is 0.549. The minimum Gasteiger partial charge on any atom is -0.361 e. The van der Waals surface area contributed by atoms with Crippen LogP contribution in [0.2, 0.25) is 0 Å². The van der Waals surface area contributed by atoms with Crippen molar-refractivity contribution in [1.82, 2.24) is 0 Å². The second kappa shape index (κ2) is 7.57. The van der Waals surface area contributed by atoms with Crippen LogP contribution in [0.5, 0.6) is 0 Å². The van der Waals surface area contributed by atoms with E-state index in [4.69, 9.17) is 5.41 Å². The van der Waals surface area contributed by atoms with E-state index in [1.54, 1.807) is 0 Å². The average molecular weight is 256 g/mol. The number of allylic oxidation sites excluding steroid dienone is 3. The van der Waals surface area contributed by atoms with Gasteiger partial charge < -0.3 is 10.7 Å². The van der Waals surface area contributed by atoms with Crippen LogP contribution in [0.15, 0.2) is 47.7 Å². The predicted molar refractivity (Wildman–Crippen MR) is 84.9 cm³/mol. The van der Waals surface area contributed by atoms with Gasteiger partial charge in [0.15, 0.2) is 0 Å². The van der Waals surface area contributed by atoms with Gasteiger partial charge in [-0.3, -0.25) is 0 Å². The van der Waals surface area contributed by atoms with Gasteiger partial charge in [0.2, 0.25) is 0 Å². The van der Waals surface area contributed by atoms with Gasteiger partial charge in [0, 0.05) is 23.7 Å². The maximum Gasteiger partial charge on any atom is 0.0409 e. The van der Waals surface area contributed by atoms with E-state index in [1.807, 2.05) is 24.4 Å². The zero-order valence-electron chi connectivity index (χ0n) is 12.3. The van der Waals surface area contributed by atoms with Crippen LogP contribution in [0.3, 0.4) is 0 Å². The third-order valence-electron chi connectivity index (χ3n) is 3.06. The molecule has 0 aliphatic heterocycles. The first kappa shape index (κ1) is 15.2. The predicted octanol–water partition coefficient (Wildman–Crippen LogP) is 4.93. The van der Waals surface area contributed by atoms with E-state index in [1.165, 1.54) is 17.4 Å². The summed E-state index contributed by atoms with van der Waals surface area (Å²) in [5.74, 6) is 0.423. The second-order valence-electron chi connectivity index (χ2n) is 4.93. The molecule has 1 rings (SSSR count). The number of para-hydroxylation sites is 1. The Morgan fingerprint density at radius 1 is 1.32 bits per heavy atom. The molecule has 2 heteroatoms. The molecule has 1 aromatic carbocycles. The van der Waals surface area contributed by atoms with E-state index < -0.39 is 0 Å². The van der Waals surface area contributed by atoms with E-state index in [9.17, 15) is 0 Å². The summed E-state index contributed by atoms with van der Waals surface area (Å²) in [6.45, 7) is 8.52. The summed E-state index contributed by atoms with van der Waals surface area (Å²) < 4.78 is 0. The van der Waals surface area contributed by atoms with Gasteiger partial charge in [-0.25, -0.2) is 0 Å². The molecular weight excluding hydrogens is 232 g/mol. The first-order valence-corrected chi connectivity index (χ1v) is 6.83. The molecule has 19 heavy (non-hydrogen) atoms. The van der Waals surface area contributed by atoms with Gasteiger partial charge in [-0.2, -0.15) is 0 Å². The summed E-state index contributed by atoms with van der Waals surface area (Å²) in [6.07, 6.45) is 6.54.